The number of fused-ring (bicyclic) bond motifs is 4. The number of urea groups is 1. The van der Waals surface area contributed by atoms with Gasteiger partial charge in [-0.1, -0.05) is 12.1 Å². The van der Waals surface area contributed by atoms with Crippen LogP contribution in [0.15, 0.2) is 66.7 Å². The highest BCUT2D eigenvalue weighted by Gasteiger charge is 2.11. The van der Waals surface area contributed by atoms with Crippen molar-refractivity contribution in [3.8, 4) is 0 Å². The van der Waals surface area contributed by atoms with Crippen LogP contribution in [0.5, 0.6) is 0 Å². The van der Waals surface area contributed by atoms with E-state index < -0.39 is 0 Å². The summed E-state index contributed by atoms with van der Waals surface area (Å²) in [5.41, 5.74) is 6.59. The first-order valence-corrected chi connectivity index (χ1v) is 9.60. The van der Waals surface area contributed by atoms with Gasteiger partial charge in [0.2, 0.25) is 0 Å². The minimum absolute atomic E-state index is 0.302. The lowest BCUT2D eigenvalue weighted by Crippen LogP contribution is -2.19. The third kappa shape index (κ3) is 3.26. The fourth-order valence-corrected chi connectivity index (χ4v) is 3.47. The zero-order chi connectivity index (χ0) is 20.7. The lowest BCUT2D eigenvalue weighted by atomic mass is 10.2. The number of H-pyrrole nitrogens is 1. The number of hydrogen-bond donors (Lipinski definition) is 3. The fourth-order valence-electron chi connectivity index (χ4n) is 3.47. The minimum atomic E-state index is -0.302. The van der Waals surface area contributed by atoms with Crippen molar-refractivity contribution in [2.75, 3.05) is 29.6 Å². The second-order valence-electron chi connectivity index (χ2n) is 7.32. The Morgan fingerprint density at radius 1 is 0.867 bits per heavy atom. The molecule has 0 fully saturated rings. The molecule has 7 heteroatoms. The maximum absolute atomic E-state index is 12.4. The number of carbonyl (C=O) groups excluding carboxylic acids is 1. The van der Waals surface area contributed by atoms with E-state index in [2.05, 4.69) is 20.6 Å². The molecule has 0 unspecified atom stereocenters. The molecule has 0 saturated carbocycles. The average Bonchev–Trinajstić information content (AvgIpc) is 3.09. The number of benzene rings is 3. The molecule has 2 heterocycles. The molecule has 0 aliphatic carbocycles. The van der Waals surface area contributed by atoms with E-state index in [1.54, 1.807) is 0 Å². The number of nitrogens with zero attached hydrogens (tertiary/aromatic N) is 3. The van der Waals surface area contributed by atoms with E-state index >= 15 is 0 Å². The molecule has 5 rings (SSSR count). The van der Waals surface area contributed by atoms with Crippen LogP contribution >= 0.6 is 0 Å². The zero-order valence-corrected chi connectivity index (χ0v) is 16.6. The molecule has 0 aliphatic heterocycles. The average molecular weight is 396 g/mol. The van der Waals surface area contributed by atoms with Crippen molar-refractivity contribution in [3.05, 3.63) is 66.7 Å². The second kappa shape index (κ2) is 7.04. The third-order valence-corrected chi connectivity index (χ3v) is 5.00. The molecule has 3 aromatic carbocycles. The van der Waals surface area contributed by atoms with Gasteiger partial charge >= 0.3 is 6.03 Å². The third-order valence-electron chi connectivity index (χ3n) is 5.00. The summed E-state index contributed by atoms with van der Waals surface area (Å²) in [6.07, 6.45) is 0. The maximum atomic E-state index is 12.4. The molecule has 2 amide bonds. The highest BCUT2D eigenvalue weighted by molar-refractivity contribution is 6.08. The minimum Gasteiger partial charge on any atom is -0.378 e. The van der Waals surface area contributed by atoms with Crippen molar-refractivity contribution >= 4 is 56.2 Å². The summed E-state index contributed by atoms with van der Waals surface area (Å²) in [4.78, 5) is 27.2. The first-order chi connectivity index (χ1) is 14.6. The quantitative estimate of drug-likeness (QED) is 0.402. The zero-order valence-electron chi connectivity index (χ0n) is 16.6. The number of hydrogen-bond acceptors (Lipinski definition) is 4. The van der Waals surface area contributed by atoms with Gasteiger partial charge in [-0.2, -0.15) is 0 Å². The van der Waals surface area contributed by atoms with Crippen LogP contribution in [0, 0.1) is 0 Å². The number of amides is 2. The van der Waals surface area contributed by atoms with Gasteiger partial charge in [0, 0.05) is 42.1 Å². The van der Waals surface area contributed by atoms with Gasteiger partial charge < -0.3 is 20.5 Å². The number of anilines is 3. The Balaban J connectivity index is 1.42. The normalized spacial score (nSPS) is 11.1. The molecule has 0 atom stereocenters. The Morgan fingerprint density at radius 2 is 1.53 bits per heavy atom. The second-order valence-corrected chi connectivity index (χ2v) is 7.32. The van der Waals surface area contributed by atoms with Gasteiger partial charge in [-0.05, 0) is 54.6 Å². The number of aromatic nitrogens is 3. The van der Waals surface area contributed by atoms with Gasteiger partial charge in [-0.3, -0.25) is 0 Å². The van der Waals surface area contributed by atoms with E-state index in [9.17, 15) is 4.79 Å². The van der Waals surface area contributed by atoms with Gasteiger partial charge in [-0.15, -0.1) is 0 Å². The summed E-state index contributed by atoms with van der Waals surface area (Å²) >= 11 is 0. The van der Waals surface area contributed by atoms with E-state index in [1.165, 1.54) is 0 Å². The molecule has 0 spiro atoms. The van der Waals surface area contributed by atoms with Gasteiger partial charge in [0.25, 0.3) is 0 Å². The van der Waals surface area contributed by atoms with Crippen LogP contribution in [0.1, 0.15) is 0 Å². The van der Waals surface area contributed by atoms with Crippen LogP contribution in [0.3, 0.4) is 0 Å². The van der Waals surface area contributed by atoms with Crippen molar-refractivity contribution < 1.29 is 4.79 Å². The number of para-hydroxylation sites is 2. The predicted molar refractivity (Wildman–Crippen MR) is 122 cm³/mol. The van der Waals surface area contributed by atoms with Crippen molar-refractivity contribution in [1.82, 2.24) is 15.0 Å². The molecular weight excluding hydrogens is 376 g/mol. The summed E-state index contributed by atoms with van der Waals surface area (Å²) in [5.74, 6) is 0. The Kier molecular flexibility index (Phi) is 4.21. The van der Waals surface area contributed by atoms with Crippen LogP contribution in [-0.2, 0) is 0 Å². The van der Waals surface area contributed by atoms with Crippen LogP contribution in [0.4, 0.5) is 21.9 Å². The lowest BCUT2D eigenvalue weighted by molar-refractivity contribution is 0.262. The molecule has 2 aromatic heterocycles. The fraction of sp³-hybridized carbons (Fsp3) is 0.0870. The first kappa shape index (κ1) is 17.9. The molecule has 7 nitrogen and oxygen atoms in total. The number of aromatic amines is 1. The molecule has 3 N–H and O–H groups in total. The highest BCUT2D eigenvalue weighted by Crippen LogP contribution is 2.27. The highest BCUT2D eigenvalue weighted by atomic mass is 16.2. The smallest absolute Gasteiger partial charge is 0.323 e. The number of carbonyl (C=O) groups is 1. The Morgan fingerprint density at radius 3 is 2.27 bits per heavy atom. The Labute approximate surface area is 172 Å². The van der Waals surface area contributed by atoms with Crippen LogP contribution in [0.2, 0.25) is 0 Å². The van der Waals surface area contributed by atoms with Crippen LogP contribution < -0.4 is 15.5 Å². The summed E-state index contributed by atoms with van der Waals surface area (Å²) in [7, 11) is 3.95. The Bertz CT molecular complexity index is 1390. The summed E-state index contributed by atoms with van der Waals surface area (Å²) in [5, 5.41) is 6.66. The molecular formula is C23H20N6O. The van der Waals surface area contributed by atoms with Gasteiger partial charge in [-0.25, -0.2) is 14.8 Å². The lowest BCUT2D eigenvalue weighted by Gasteiger charge is -2.13. The van der Waals surface area contributed by atoms with E-state index in [-0.39, 0.29) is 6.03 Å². The summed E-state index contributed by atoms with van der Waals surface area (Å²) in [6.45, 7) is 0. The van der Waals surface area contributed by atoms with E-state index in [0.29, 0.717) is 5.69 Å². The molecule has 30 heavy (non-hydrogen) atoms. The monoisotopic (exact) mass is 396 g/mol. The van der Waals surface area contributed by atoms with E-state index in [4.69, 9.17) is 4.98 Å². The van der Waals surface area contributed by atoms with Gasteiger partial charge in [0.15, 0.2) is 5.65 Å². The van der Waals surface area contributed by atoms with Gasteiger partial charge in [0.05, 0.1) is 11.0 Å². The van der Waals surface area contributed by atoms with Crippen molar-refractivity contribution in [2.45, 2.75) is 0 Å². The SMILES string of the molecule is CN(C)c1ccc(NC(=O)Nc2ccc3[nH]c4nc5ccccc5nc4c3c2)cc1. The van der Waals surface area contributed by atoms with E-state index in [1.807, 2.05) is 85.7 Å². The molecule has 0 saturated heterocycles. The Hall–Kier alpha value is -4.13. The molecule has 5 aromatic rings. The number of nitrogens with one attached hydrogen (secondary N) is 3. The van der Waals surface area contributed by atoms with Crippen molar-refractivity contribution in [3.63, 3.8) is 0 Å². The summed E-state index contributed by atoms with van der Waals surface area (Å²) in [6, 6.07) is 20.8. The number of rotatable bonds is 3. The standard InChI is InChI=1S/C23H20N6O/c1-29(2)16-10-7-14(8-11-16)24-23(30)25-15-9-12-18-17(13-15)21-22(27-18)28-20-6-4-3-5-19(20)26-21/h3-13H,1-2H3,(H,27,28)(H2,24,25,30). The van der Waals surface area contributed by atoms with Crippen LogP contribution in [0.25, 0.3) is 33.1 Å². The largest absolute Gasteiger partial charge is 0.378 e. The summed E-state index contributed by atoms with van der Waals surface area (Å²) < 4.78 is 0. The van der Waals surface area contributed by atoms with Gasteiger partial charge in [0.1, 0.15) is 5.52 Å². The molecule has 0 aliphatic rings. The van der Waals surface area contributed by atoms with Crippen molar-refractivity contribution in [2.24, 2.45) is 0 Å². The van der Waals surface area contributed by atoms with Crippen molar-refractivity contribution in [1.29, 1.82) is 0 Å². The predicted octanol–water partition coefficient (Wildman–Crippen LogP) is 4.97. The first-order valence-electron chi connectivity index (χ1n) is 9.60. The molecule has 148 valence electrons. The van der Waals surface area contributed by atoms with Crippen LogP contribution in [-0.4, -0.2) is 35.1 Å². The molecule has 0 radical (unpaired) electrons. The van der Waals surface area contributed by atoms with E-state index in [0.717, 1.165) is 44.5 Å². The topological polar surface area (TPSA) is 85.9 Å². The maximum Gasteiger partial charge on any atom is 0.323 e. The molecule has 0 bridgehead atoms.